The molecule has 0 aliphatic carbocycles. The first kappa shape index (κ1) is 16.9. The van der Waals surface area contributed by atoms with Gasteiger partial charge in [-0.15, -0.1) is 0 Å². The fourth-order valence-electron chi connectivity index (χ4n) is 1.61. The second kappa shape index (κ2) is 6.08. The van der Waals surface area contributed by atoms with Gasteiger partial charge in [0, 0.05) is 5.56 Å². The number of ether oxygens (including phenoxy) is 1. The molecule has 0 fully saturated rings. The molecule has 0 amide bonds. The Kier molecular flexibility index (Phi) is 5.13. The van der Waals surface area contributed by atoms with E-state index < -0.39 is 27.9 Å². The maximum Gasteiger partial charge on any atom is 0.342 e. The Balaban J connectivity index is 3.28. The number of carbonyl (C=O) groups is 2. The molecule has 8 heteroatoms. The predicted molar refractivity (Wildman–Crippen MR) is 75.2 cm³/mol. The quantitative estimate of drug-likeness (QED) is 0.501. The standard InChI is InChI=1S/C12H11Cl3O5/c1-5-7(3-16)9(17)6(2)10(18)8(5)11(19)20-4-12(13,14)15/h3,17-18H,4H2,1-2H3. The highest BCUT2D eigenvalue weighted by molar-refractivity contribution is 6.67. The van der Waals surface area contributed by atoms with Crippen molar-refractivity contribution in [1.82, 2.24) is 0 Å². The molecule has 0 atom stereocenters. The molecule has 0 unspecified atom stereocenters. The molecular weight excluding hydrogens is 330 g/mol. The summed E-state index contributed by atoms with van der Waals surface area (Å²) in [6, 6.07) is 0. The first-order valence-corrected chi connectivity index (χ1v) is 6.47. The van der Waals surface area contributed by atoms with Gasteiger partial charge in [0.05, 0.1) is 5.56 Å². The van der Waals surface area contributed by atoms with E-state index >= 15 is 0 Å². The summed E-state index contributed by atoms with van der Waals surface area (Å²) in [6.45, 7) is 2.21. The SMILES string of the molecule is Cc1c(O)c(C=O)c(C)c(C(=O)OCC(Cl)(Cl)Cl)c1O. The molecule has 110 valence electrons. The fraction of sp³-hybridized carbons (Fsp3) is 0.333. The summed E-state index contributed by atoms with van der Waals surface area (Å²) in [7, 11) is 0. The number of hydrogen-bond donors (Lipinski definition) is 2. The number of hydrogen-bond acceptors (Lipinski definition) is 5. The van der Waals surface area contributed by atoms with Crippen LogP contribution >= 0.6 is 34.8 Å². The minimum absolute atomic E-state index is 0.0152. The second-order valence-corrected chi connectivity index (χ2v) is 6.56. The number of aldehydes is 1. The van der Waals surface area contributed by atoms with Crippen LogP contribution in [0.15, 0.2) is 0 Å². The summed E-state index contributed by atoms with van der Waals surface area (Å²) in [5, 5.41) is 19.6. The molecule has 0 saturated carbocycles. The zero-order chi connectivity index (χ0) is 15.7. The van der Waals surface area contributed by atoms with Crippen molar-refractivity contribution in [3.8, 4) is 11.5 Å². The highest BCUT2D eigenvalue weighted by Gasteiger charge is 2.27. The molecular formula is C12H11Cl3O5. The lowest BCUT2D eigenvalue weighted by Gasteiger charge is -2.16. The molecule has 0 spiro atoms. The molecule has 1 rings (SSSR count). The Morgan fingerprint density at radius 1 is 1.20 bits per heavy atom. The summed E-state index contributed by atoms with van der Waals surface area (Å²) in [6.07, 6.45) is 0.378. The van der Waals surface area contributed by atoms with E-state index in [1.807, 2.05) is 0 Å². The smallest absolute Gasteiger partial charge is 0.342 e. The lowest BCUT2D eigenvalue weighted by molar-refractivity contribution is 0.0507. The summed E-state index contributed by atoms with van der Waals surface area (Å²) in [4.78, 5) is 22.9. The number of esters is 1. The zero-order valence-electron chi connectivity index (χ0n) is 10.5. The van der Waals surface area contributed by atoms with Crippen LogP contribution in [0.4, 0.5) is 0 Å². The van der Waals surface area contributed by atoms with Gasteiger partial charge in [-0.3, -0.25) is 4.79 Å². The molecule has 0 radical (unpaired) electrons. The third kappa shape index (κ3) is 3.48. The molecule has 5 nitrogen and oxygen atoms in total. The van der Waals surface area contributed by atoms with Gasteiger partial charge in [0.2, 0.25) is 3.79 Å². The highest BCUT2D eigenvalue weighted by atomic mass is 35.6. The molecule has 0 aliphatic rings. The number of carbonyl (C=O) groups excluding carboxylic acids is 2. The van der Waals surface area contributed by atoms with E-state index in [0.29, 0.717) is 6.29 Å². The van der Waals surface area contributed by atoms with Crippen LogP contribution < -0.4 is 0 Å². The number of halogens is 3. The van der Waals surface area contributed by atoms with Gasteiger partial charge in [0.1, 0.15) is 23.7 Å². The average molecular weight is 342 g/mol. The van der Waals surface area contributed by atoms with E-state index in [4.69, 9.17) is 39.5 Å². The number of phenols is 2. The Bertz CT molecular complexity index is 563. The van der Waals surface area contributed by atoms with Crippen LogP contribution in [0.25, 0.3) is 0 Å². The van der Waals surface area contributed by atoms with Crippen LogP contribution in [-0.4, -0.2) is 32.9 Å². The molecule has 1 aromatic carbocycles. The summed E-state index contributed by atoms with van der Waals surface area (Å²) in [5.74, 6) is -1.84. The Morgan fingerprint density at radius 2 is 1.75 bits per heavy atom. The number of aromatic hydroxyl groups is 2. The summed E-state index contributed by atoms with van der Waals surface area (Å²) >= 11 is 16.4. The van der Waals surface area contributed by atoms with Crippen LogP contribution in [0.2, 0.25) is 0 Å². The first-order valence-electron chi connectivity index (χ1n) is 5.34. The number of rotatable bonds is 3. The molecule has 0 saturated heterocycles. The number of benzene rings is 1. The average Bonchev–Trinajstić information content (AvgIpc) is 2.34. The van der Waals surface area contributed by atoms with Crippen molar-refractivity contribution in [2.24, 2.45) is 0 Å². The van der Waals surface area contributed by atoms with Gasteiger partial charge in [0.25, 0.3) is 0 Å². The molecule has 0 bridgehead atoms. The van der Waals surface area contributed by atoms with Gasteiger partial charge in [-0.25, -0.2) is 4.79 Å². The topological polar surface area (TPSA) is 83.8 Å². The maximum atomic E-state index is 11.9. The van der Waals surface area contributed by atoms with E-state index in [-0.39, 0.29) is 22.3 Å². The van der Waals surface area contributed by atoms with E-state index in [0.717, 1.165) is 0 Å². The predicted octanol–water partition coefficient (Wildman–Crippen LogP) is 3.05. The molecule has 0 heterocycles. The molecule has 0 aromatic heterocycles. The molecule has 20 heavy (non-hydrogen) atoms. The highest BCUT2D eigenvalue weighted by Crippen LogP contribution is 2.37. The Morgan fingerprint density at radius 3 is 2.20 bits per heavy atom. The van der Waals surface area contributed by atoms with Crippen molar-refractivity contribution in [2.45, 2.75) is 17.6 Å². The van der Waals surface area contributed by atoms with Crippen molar-refractivity contribution in [3.05, 3.63) is 22.3 Å². The monoisotopic (exact) mass is 340 g/mol. The Labute approximate surface area is 130 Å². The van der Waals surface area contributed by atoms with Gasteiger partial charge < -0.3 is 14.9 Å². The van der Waals surface area contributed by atoms with Crippen LogP contribution in [0, 0.1) is 13.8 Å². The fourth-order valence-corrected chi connectivity index (χ4v) is 1.77. The lowest BCUT2D eigenvalue weighted by atomic mass is 9.97. The van der Waals surface area contributed by atoms with Crippen LogP contribution in [0.1, 0.15) is 31.8 Å². The summed E-state index contributed by atoms with van der Waals surface area (Å²) in [5.41, 5.74) is -0.300. The van der Waals surface area contributed by atoms with Gasteiger partial charge in [-0.1, -0.05) is 34.8 Å². The lowest BCUT2D eigenvalue weighted by Crippen LogP contribution is -2.18. The van der Waals surface area contributed by atoms with Gasteiger partial charge >= 0.3 is 5.97 Å². The molecule has 1 aromatic rings. The summed E-state index contributed by atoms with van der Waals surface area (Å²) < 4.78 is 2.96. The minimum atomic E-state index is -1.79. The van der Waals surface area contributed by atoms with Gasteiger partial charge in [0.15, 0.2) is 6.29 Å². The van der Waals surface area contributed by atoms with Crippen LogP contribution in [-0.2, 0) is 4.74 Å². The van der Waals surface area contributed by atoms with Crippen molar-refractivity contribution < 1.29 is 24.5 Å². The molecule has 0 aliphatic heterocycles. The zero-order valence-corrected chi connectivity index (χ0v) is 12.8. The van der Waals surface area contributed by atoms with Crippen molar-refractivity contribution in [2.75, 3.05) is 6.61 Å². The van der Waals surface area contributed by atoms with Crippen molar-refractivity contribution in [3.63, 3.8) is 0 Å². The van der Waals surface area contributed by atoms with Crippen LogP contribution in [0.5, 0.6) is 11.5 Å². The number of phenolic OH excluding ortho intramolecular Hbond substituents is 2. The van der Waals surface area contributed by atoms with Crippen molar-refractivity contribution >= 4 is 47.1 Å². The van der Waals surface area contributed by atoms with Crippen molar-refractivity contribution in [1.29, 1.82) is 0 Å². The third-order valence-corrected chi connectivity index (χ3v) is 3.00. The van der Waals surface area contributed by atoms with Gasteiger partial charge in [-0.05, 0) is 19.4 Å². The second-order valence-electron chi connectivity index (χ2n) is 4.05. The van der Waals surface area contributed by atoms with E-state index in [2.05, 4.69) is 0 Å². The van der Waals surface area contributed by atoms with Crippen LogP contribution in [0.3, 0.4) is 0 Å². The largest absolute Gasteiger partial charge is 0.507 e. The maximum absolute atomic E-state index is 11.9. The van der Waals surface area contributed by atoms with E-state index in [1.54, 1.807) is 0 Å². The molecule has 2 N–H and O–H groups in total. The Hall–Kier alpha value is -1.17. The normalized spacial score (nSPS) is 11.2. The first-order chi connectivity index (χ1) is 9.10. The minimum Gasteiger partial charge on any atom is -0.507 e. The third-order valence-electron chi connectivity index (χ3n) is 2.67. The number of alkyl halides is 3. The van der Waals surface area contributed by atoms with Gasteiger partial charge in [-0.2, -0.15) is 0 Å². The van der Waals surface area contributed by atoms with E-state index in [1.165, 1.54) is 13.8 Å². The van der Waals surface area contributed by atoms with E-state index in [9.17, 15) is 19.8 Å².